The first kappa shape index (κ1) is 16.7. The lowest BCUT2D eigenvalue weighted by Gasteiger charge is -2.36. The topological polar surface area (TPSA) is 35.5 Å². The average molecular weight is 324 g/mol. The Bertz CT molecular complexity index is 667. The van der Waals surface area contributed by atoms with Crippen molar-refractivity contribution in [2.24, 2.45) is 0 Å². The predicted molar refractivity (Wildman–Crippen MR) is 94.3 cm³/mol. The van der Waals surface area contributed by atoms with Gasteiger partial charge >= 0.3 is 5.97 Å². The molecule has 0 saturated heterocycles. The van der Waals surface area contributed by atoms with Gasteiger partial charge in [0.05, 0.1) is 18.8 Å². The maximum Gasteiger partial charge on any atom is 0.338 e. The third-order valence-electron chi connectivity index (χ3n) is 4.79. The van der Waals surface area contributed by atoms with Crippen LogP contribution in [0.3, 0.4) is 0 Å². The smallest absolute Gasteiger partial charge is 0.338 e. The Morgan fingerprint density at radius 2 is 1.50 bits per heavy atom. The Hall–Kier alpha value is -2.13. The van der Waals surface area contributed by atoms with E-state index in [2.05, 4.69) is 36.4 Å². The van der Waals surface area contributed by atoms with E-state index in [1.165, 1.54) is 29.5 Å². The molecule has 24 heavy (non-hydrogen) atoms. The van der Waals surface area contributed by atoms with Gasteiger partial charge in [0.15, 0.2) is 0 Å². The molecule has 3 heteroatoms. The van der Waals surface area contributed by atoms with Gasteiger partial charge in [-0.25, -0.2) is 4.79 Å². The Morgan fingerprint density at radius 3 is 2.00 bits per heavy atom. The van der Waals surface area contributed by atoms with Gasteiger partial charge < -0.3 is 9.47 Å². The molecule has 0 amide bonds. The van der Waals surface area contributed by atoms with Gasteiger partial charge in [-0.1, -0.05) is 36.4 Å². The second-order valence-corrected chi connectivity index (χ2v) is 6.38. The Balaban J connectivity index is 1.57. The summed E-state index contributed by atoms with van der Waals surface area (Å²) in [5, 5.41) is 0. The quantitative estimate of drug-likeness (QED) is 0.724. The maximum absolute atomic E-state index is 11.7. The summed E-state index contributed by atoms with van der Waals surface area (Å²) in [6, 6.07) is 16.6. The number of hydrogen-bond donors (Lipinski definition) is 0. The monoisotopic (exact) mass is 324 g/mol. The van der Waals surface area contributed by atoms with Crippen molar-refractivity contribution in [2.45, 2.75) is 38.2 Å². The number of ether oxygens (including phenoxy) is 2. The molecule has 0 N–H and O–H groups in total. The molecule has 0 heterocycles. The highest BCUT2D eigenvalue weighted by Crippen LogP contribution is 2.47. The van der Waals surface area contributed by atoms with Crippen molar-refractivity contribution in [3.8, 4) is 0 Å². The molecule has 2 aromatic carbocycles. The Kier molecular flexibility index (Phi) is 5.31. The molecule has 0 aliphatic heterocycles. The fourth-order valence-corrected chi connectivity index (χ4v) is 3.32. The van der Waals surface area contributed by atoms with E-state index in [-0.39, 0.29) is 5.97 Å². The highest BCUT2D eigenvalue weighted by atomic mass is 16.5. The zero-order chi connectivity index (χ0) is 16.9. The fourth-order valence-electron chi connectivity index (χ4n) is 3.32. The first-order valence-corrected chi connectivity index (χ1v) is 8.56. The molecule has 2 aromatic rings. The molecular formula is C21H24O3. The van der Waals surface area contributed by atoms with E-state index in [9.17, 15) is 4.79 Å². The molecule has 1 saturated carbocycles. The Morgan fingerprint density at radius 1 is 0.958 bits per heavy atom. The van der Waals surface area contributed by atoms with E-state index in [4.69, 9.17) is 9.47 Å². The number of rotatable bonds is 6. The van der Waals surface area contributed by atoms with Crippen LogP contribution in [0.15, 0.2) is 48.5 Å². The number of methoxy groups -OCH3 is 1. The normalized spacial score (nSPS) is 19.6. The number of carbonyl (C=O) groups excluding carboxylic acids is 1. The van der Waals surface area contributed by atoms with E-state index in [0.717, 1.165) is 0 Å². The summed E-state index contributed by atoms with van der Waals surface area (Å²) in [5.74, 6) is 0.980. The number of esters is 1. The molecule has 0 bridgehead atoms. The first-order chi connectivity index (χ1) is 11.7. The molecular weight excluding hydrogens is 300 g/mol. The van der Waals surface area contributed by atoms with Crippen molar-refractivity contribution in [1.82, 2.24) is 0 Å². The van der Waals surface area contributed by atoms with Gasteiger partial charge in [-0.3, -0.25) is 0 Å². The SMILES string of the molecule is CCOC(=O)c1ccc(C2CC(c3ccc(COC)cc3)C2)cc1. The minimum absolute atomic E-state index is 0.244. The van der Waals surface area contributed by atoms with Crippen LogP contribution in [0, 0.1) is 0 Å². The lowest BCUT2D eigenvalue weighted by molar-refractivity contribution is 0.0526. The predicted octanol–water partition coefficient (Wildman–Crippen LogP) is 4.67. The van der Waals surface area contributed by atoms with Crippen LogP contribution < -0.4 is 0 Å². The highest BCUT2D eigenvalue weighted by Gasteiger charge is 2.31. The van der Waals surface area contributed by atoms with Crippen molar-refractivity contribution in [2.75, 3.05) is 13.7 Å². The van der Waals surface area contributed by atoms with E-state index < -0.39 is 0 Å². The summed E-state index contributed by atoms with van der Waals surface area (Å²) in [6.07, 6.45) is 2.34. The zero-order valence-electron chi connectivity index (χ0n) is 14.3. The average Bonchev–Trinajstić information content (AvgIpc) is 2.56. The molecule has 3 rings (SSSR count). The van der Waals surface area contributed by atoms with Crippen LogP contribution in [0.2, 0.25) is 0 Å². The largest absolute Gasteiger partial charge is 0.462 e. The second kappa shape index (κ2) is 7.63. The molecule has 0 unspecified atom stereocenters. The number of carbonyl (C=O) groups is 1. The second-order valence-electron chi connectivity index (χ2n) is 6.38. The minimum Gasteiger partial charge on any atom is -0.462 e. The summed E-state index contributed by atoms with van der Waals surface area (Å²) < 4.78 is 10.2. The van der Waals surface area contributed by atoms with Gasteiger partial charge in [-0.05, 0) is 60.4 Å². The van der Waals surface area contributed by atoms with Gasteiger partial charge in [-0.15, -0.1) is 0 Å². The molecule has 0 radical (unpaired) electrons. The van der Waals surface area contributed by atoms with Gasteiger partial charge in [0, 0.05) is 7.11 Å². The fraction of sp³-hybridized carbons (Fsp3) is 0.381. The molecule has 0 aromatic heterocycles. The van der Waals surface area contributed by atoms with Crippen molar-refractivity contribution in [3.63, 3.8) is 0 Å². The third kappa shape index (κ3) is 3.68. The lowest BCUT2D eigenvalue weighted by Crippen LogP contribution is -2.20. The molecule has 0 spiro atoms. The standard InChI is InChI=1S/C21H24O3/c1-3-24-21(22)18-10-8-17(9-11-18)20-12-19(13-20)16-6-4-15(5-7-16)14-23-2/h4-11,19-20H,3,12-14H2,1-2H3. The zero-order valence-corrected chi connectivity index (χ0v) is 14.3. The van der Waals surface area contributed by atoms with Crippen LogP contribution in [0.25, 0.3) is 0 Å². The van der Waals surface area contributed by atoms with Crippen molar-refractivity contribution < 1.29 is 14.3 Å². The molecule has 1 fully saturated rings. The van der Waals surface area contributed by atoms with Crippen LogP contribution in [0.1, 0.15) is 58.6 Å². The molecule has 3 nitrogen and oxygen atoms in total. The molecule has 1 aliphatic rings. The van der Waals surface area contributed by atoms with Gasteiger partial charge in [0.2, 0.25) is 0 Å². The first-order valence-electron chi connectivity index (χ1n) is 8.56. The highest BCUT2D eigenvalue weighted by molar-refractivity contribution is 5.89. The van der Waals surface area contributed by atoms with Crippen molar-refractivity contribution in [1.29, 1.82) is 0 Å². The van der Waals surface area contributed by atoms with Crippen molar-refractivity contribution >= 4 is 5.97 Å². The maximum atomic E-state index is 11.7. The lowest BCUT2D eigenvalue weighted by atomic mass is 9.68. The molecule has 1 aliphatic carbocycles. The van der Waals surface area contributed by atoms with Crippen molar-refractivity contribution in [3.05, 3.63) is 70.8 Å². The van der Waals surface area contributed by atoms with Crippen LogP contribution in [0.5, 0.6) is 0 Å². The summed E-state index contributed by atoms with van der Waals surface area (Å²) in [7, 11) is 1.72. The Labute approximate surface area is 143 Å². The third-order valence-corrected chi connectivity index (χ3v) is 4.79. The number of hydrogen-bond acceptors (Lipinski definition) is 3. The van der Waals surface area contributed by atoms with Gasteiger partial charge in [-0.2, -0.15) is 0 Å². The minimum atomic E-state index is -0.244. The van der Waals surface area contributed by atoms with Gasteiger partial charge in [0.1, 0.15) is 0 Å². The van der Waals surface area contributed by atoms with Crippen LogP contribution in [0.4, 0.5) is 0 Å². The van der Waals surface area contributed by atoms with E-state index >= 15 is 0 Å². The van der Waals surface area contributed by atoms with Gasteiger partial charge in [0.25, 0.3) is 0 Å². The summed E-state index contributed by atoms with van der Waals surface area (Å²) in [4.78, 5) is 11.7. The van der Waals surface area contributed by atoms with E-state index in [0.29, 0.717) is 30.6 Å². The number of benzene rings is 2. The van der Waals surface area contributed by atoms with Crippen LogP contribution in [-0.2, 0) is 16.1 Å². The van der Waals surface area contributed by atoms with Crippen LogP contribution >= 0.6 is 0 Å². The molecule has 126 valence electrons. The van der Waals surface area contributed by atoms with E-state index in [1.54, 1.807) is 7.11 Å². The summed E-state index contributed by atoms with van der Waals surface area (Å²) >= 11 is 0. The van der Waals surface area contributed by atoms with E-state index in [1.807, 2.05) is 19.1 Å². The summed E-state index contributed by atoms with van der Waals surface area (Å²) in [6.45, 7) is 2.90. The van der Waals surface area contributed by atoms with Crippen LogP contribution in [-0.4, -0.2) is 19.7 Å². The summed E-state index contributed by atoms with van der Waals surface area (Å²) in [5.41, 5.74) is 4.57. The molecule has 0 atom stereocenters.